The summed E-state index contributed by atoms with van der Waals surface area (Å²) in [6.45, 7) is 2.58. The molecule has 1 aliphatic rings. The minimum Gasteiger partial charge on any atom is -0.351 e. The number of nitrogens with one attached hydrogen (secondary N) is 2. The Morgan fingerprint density at radius 3 is 2.68 bits per heavy atom. The molecule has 2 rings (SSSR count). The van der Waals surface area contributed by atoms with Gasteiger partial charge in [0.15, 0.2) is 0 Å². The minimum absolute atomic E-state index is 0.00388. The SMILES string of the molecule is O=C(CNc1nc(C(F)(F)F)ns1)N1CCNCC1. The van der Waals surface area contributed by atoms with Crippen LogP contribution in [0.1, 0.15) is 5.82 Å². The Labute approximate surface area is 111 Å². The Kier molecular flexibility index (Phi) is 4.20. The molecule has 0 aromatic carbocycles. The number of anilines is 1. The molecule has 1 aliphatic heterocycles. The normalized spacial score (nSPS) is 16.5. The van der Waals surface area contributed by atoms with Gasteiger partial charge in [0.2, 0.25) is 16.9 Å². The maximum absolute atomic E-state index is 12.3. The number of hydrogen-bond acceptors (Lipinski definition) is 6. The molecule has 2 heterocycles. The summed E-state index contributed by atoms with van der Waals surface area (Å²) in [5.41, 5.74) is 0. The summed E-state index contributed by atoms with van der Waals surface area (Å²) in [7, 11) is 0. The van der Waals surface area contributed by atoms with Gasteiger partial charge in [0.25, 0.3) is 0 Å². The summed E-state index contributed by atoms with van der Waals surface area (Å²) in [5.74, 6) is -1.35. The highest BCUT2D eigenvalue weighted by molar-refractivity contribution is 7.09. The molecule has 0 aliphatic carbocycles. The van der Waals surface area contributed by atoms with Gasteiger partial charge in [-0.15, -0.1) is 0 Å². The smallest absolute Gasteiger partial charge is 0.351 e. The zero-order valence-corrected chi connectivity index (χ0v) is 10.6. The number of piperazine rings is 1. The van der Waals surface area contributed by atoms with E-state index in [0.717, 1.165) is 13.1 Å². The van der Waals surface area contributed by atoms with Crippen LogP contribution in [0.5, 0.6) is 0 Å². The van der Waals surface area contributed by atoms with E-state index in [4.69, 9.17) is 0 Å². The van der Waals surface area contributed by atoms with E-state index < -0.39 is 12.0 Å². The van der Waals surface area contributed by atoms with Gasteiger partial charge in [0.05, 0.1) is 6.54 Å². The lowest BCUT2D eigenvalue weighted by molar-refractivity contribution is -0.144. The second-order valence-corrected chi connectivity index (χ2v) is 4.66. The number of halogens is 3. The average Bonchev–Trinajstić information content (AvgIpc) is 2.86. The molecular weight excluding hydrogens is 283 g/mol. The Hall–Kier alpha value is -1.42. The van der Waals surface area contributed by atoms with Crippen molar-refractivity contribution < 1.29 is 18.0 Å². The fraction of sp³-hybridized carbons (Fsp3) is 0.667. The molecule has 2 N–H and O–H groups in total. The molecule has 0 saturated carbocycles. The average molecular weight is 295 g/mol. The molecule has 10 heteroatoms. The van der Waals surface area contributed by atoms with Gasteiger partial charge in [0.1, 0.15) is 0 Å². The predicted molar refractivity (Wildman–Crippen MR) is 62.9 cm³/mol. The predicted octanol–water partition coefficient (Wildman–Crippen LogP) is 0.401. The molecule has 6 nitrogen and oxygen atoms in total. The van der Waals surface area contributed by atoms with Gasteiger partial charge in [-0.3, -0.25) is 4.79 Å². The number of nitrogens with zero attached hydrogens (tertiary/aromatic N) is 3. The largest absolute Gasteiger partial charge is 0.452 e. The molecule has 1 fully saturated rings. The summed E-state index contributed by atoms with van der Waals surface area (Å²) < 4.78 is 40.0. The van der Waals surface area contributed by atoms with Crippen molar-refractivity contribution in [3.8, 4) is 0 Å². The molecule has 1 saturated heterocycles. The third-order valence-electron chi connectivity index (χ3n) is 2.54. The fourth-order valence-corrected chi connectivity index (χ4v) is 2.17. The van der Waals surface area contributed by atoms with E-state index >= 15 is 0 Å². The lowest BCUT2D eigenvalue weighted by Gasteiger charge is -2.27. The highest BCUT2D eigenvalue weighted by Gasteiger charge is 2.36. The van der Waals surface area contributed by atoms with E-state index in [2.05, 4.69) is 20.0 Å². The van der Waals surface area contributed by atoms with Gasteiger partial charge in [0, 0.05) is 37.7 Å². The van der Waals surface area contributed by atoms with Crippen molar-refractivity contribution in [2.45, 2.75) is 6.18 Å². The number of rotatable bonds is 3. The standard InChI is InChI=1S/C9H12F3N5OS/c10-9(11,12)7-15-8(19-16-7)14-5-6(18)17-3-1-13-2-4-17/h13H,1-5H2,(H,14,15,16). The number of aromatic nitrogens is 2. The highest BCUT2D eigenvalue weighted by atomic mass is 32.1. The summed E-state index contributed by atoms with van der Waals surface area (Å²) in [6.07, 6.45) is -4.56. The van der Waals surface area contributed by atoms with Crippen LogP contribution in [0.15, 0.2) is 0 Å². The fourth-order valence-electron chi connectivity index (χ4n) is 1.59. The molecule has 19 heavy (non-hydrogen) atoms. The van der Waals surface area contributed by atoms with Crippen LogP contribution in [0.4, 0.5) is 18.3 Å². The number of hydrogen-bond donors (Lipinski definition) is 2. The third kappa shape index (κ3) is 3.77. The first-order valence-corrected chi connectivity index (χ1v) is 6.37. The monoisotopic (exact) mass is 295 g/mol. The van der Waals surface area contributed by atoms with E-state index in [1.807, 2.05) is 0 Å². The van der Waals surface area contributed by atoms with E-state index in [-0.39, 0.29) is 17.6 Å². The molecule has 0 bridgehead atoms. The van der Waals surface area contributed by atoms with Crippen molar-refractivity contribution >= 4 is 22.6 Å². The molecule has 0 unspecified atom stereocenters. The van der Waals surface area contributed by atoms with Crippen LogP contribution < -0.4 is 10.6 Å². The molecular formula is C9H12F3N5OS. The van der Waals surface area contributed by atoms with Crippen molar-refractivity contribution in [3.63, 3.8) is 0 Å². The van der Waals surface area contributed by atoms with Gasteiger partial charge in [-0.2, -0.15) is 22.5 Å². The maximum Gasteiger partial charge on any atom is 0.452 e. The Morgan fingerprint density at radius 2 is 2.11 bits per heavy atom. The first kappa shape index (κ1) is 14.0. The molecule has 1 amide bonds. The van der Waals surface area contributed by atoms with Gasteiger partial charge in [-0.1, -0.05) is 0 Å². The van der Waals surface area contributed by atoms with E-state index in [1.54, 1.807) is 4.90 Å². The van der Waals surface area contributed by atoms with Crippen LogP contribution in [-0.2, 0) is 11.0 Å². The van der Waals surface area contributed by atoms with Crippen LogP contribution in [0.25, 0.3) is 0 Å². The quantitative estimate of drug-likeness (QED) is 0.845. The Bertz CT molecular complexity index is 443. The summed E-state index contributed by atoms with van der Waals surface area (Å²) >= 11 is 0.590. The molecule has 106 valence electrons. The van der Waals surface area contributed by atoms with Gasteiger partial charge in [-0.05, 0) is 0 Å². The molecule has 0 radical (unpaired) electrons. The maximum atomic E-state index is 12.3. The van der Waals surface area contributed by atoms with Crippen molar-refractivity contribution in [1.29, 1.82) is 0 Å². The van der Waals surface area contributed by atoms with Crippen LogP contribution in [0, 0.1) is 0 Å². The van der Waals surface area contributed by atoms with Crippen molar-refractivity contribution in [3.05, 3.63) is 5.82 Å². The first-order chi connectivity index (χ1) is 8.97. The van der Waals surface area contributed by atoms with E-state index in [1.165, 1.54) is 0 Å². The van der Waals surface area contributed by atoms with E-state index in [9.17, 15) is 18.0 Å². The highest BCUT2D eigenvalue weighted by Crippen LogP contribution is 2.28. The number of alkyl halides is 3. The van der Waals surface area contributed by atoms with Crippen molar-refractivity contribution in [1.82, 2.24) is 19.6 Å². The second kappa shape index (κ2) is 5.70. The van der Waals surface area contributed by atoms with Crippen molar-refractivity contribution in [2.24, 2.45) is 0 Å². The van der Waals surface area contributed by atoms with Crippen LogP contribution in [0.3, 0.4) is 0 Å². The molecule has 0 spiro atoms. The lowest BCUT2D eigenvalue weighted by atomic mass is 10.3. The second-order valence-electron chi connectivity index (χ2n) is 3.91. The van der Waals surface area contributed by atoms with E-state index in [0.29, 0.717) is 24.6 Å². The number of carbonyl (C=O) groups is 1. The number of carbonyl (C=O) groups excluding carboxylic acids is 1. The van der Waals surface area contributed by atoms with Crippen molar-refractivity contribution in [2.75, 3.05) is 38.0 Å². The Balaban J connectivity index is 1.85. The minimum atomic E-state index is -4.56. The third-order valence-corrected chi connectivity index (χ3v) is 3.21. The van der Waals surface area contributed by atoms with Gasteiger partial charge < -0.3 is 15.5 Å². The topological polar surface area (TPSA) is 70.2 Å². The molecule has 1 aromatic rings. The van der Waals surface area contributed by atoms with Crippen LogP contribution >= 0.6 is 11.5 Å². The van der Waals surface area contributed by atoms with Crippen LogP contribution in [-0.4, -0.2) is 52.9 Å². The summed E-state index contributed by atoms with van der Waals surface area (Å²) in [6, 6.07) is 0. The van der Waals surface area contributed by atoms with Crippen LogP contribution in [0.2, 0.25) is 0 Å². The zero-order valence-electron chi connectivity index (χ0n) is 9.83. The van der Waals surface area contributed by atoms with Gasteiger partial charge in [-0.25, -0.2) is 0 Å². The molecule has 1 aromatic heterocycles. The van der Waals surface area contributed by atoms with Gasteiger partial charge >= 0.3 is 6.18 Å². The zero-order chi connectivity index (χ0) is 13.9. The summed E-state index contributed by atoms with van der Waals surface area (Å²) in [5, 5.41) is 5.67. The number of amides is 1. The first-order valence-electron chi connectivity index (χ1n) is 5.60. The Morgan fingerprint density at radius 1 is 1.42 bits per heavy atom. The summed E-state index contributed by atoms with van der Waals surface area (Å²) in [4.78, 5) is 16.7. The lowest BCUT2D eigenvalue weighted by Crippen LogP contribution is -2.48. The molecule has 0 atom stereocenters.